The van der Waals surface area contributed by atoms with Crippen molar-refractivity contribution in [2.75, 3.05) is 19.7 Å². The molecule has 104 valence electrons. The van der Waals surface area contributed by atoms with Crippen LogP contribution in [0.2, 0.25) is 5.02 Å². The standard InChI is InChI=1S/C14H19ClN2O2/c15-11-3-1-5-13(9-11)19-10-14(18)17-7-2-4-12(16)6-8-17/h1,3,5,9,12H,2,4,6-8,10,16H2. The van der Waals surface area contributed by atoms with Crippen LogP contribution in [0, 0.1) is 0 Å². The van der Waals surface area contributed by atoms with E-state index in [0.29, 0.717) is 10.8 Å². The highest BCUT2D eigenvalue weighted by Crippen LogP contribution is 2.17. The fourth-order valence-corrected chi connectivity index (χ4v) is 2.34. The smallest absolute Gasteiger partial charge is 0.260 e. The van der Waals surface area contributed by atoms with Gasteiger partial charge in [-0.15, -0.1) is 0 Å². The molecule has 0 saturated carbocycles. The molecular weight excluding hydrogens is 264 g/mol. The van der Waals surface area contributed by atoms with Crippen molar-refractivity contribution in [3.63, 3.8) is 0 Å². The van der Waals surface area contributed by atoms with Gasteiger partial charge in [-0.2, -0.15) is 0 Å². The van der Waals surface area contributed by atoms with Gasteiger partial charge in [-0.1, -0.05) is 17.7 Å². The first-order valence-corrected chi connectivity index (χ1v) is 6.94. The van der Waals surface area contributed by atoms with Crippen molar-refractivity contribution in [1.82, 2.24) is 4.90 Å². The Morgan fingerprint density at radius 2 is 2.26 bits per heavy atom. The molecule has 19 heavy (non-hydrogen) atoms. The van der Waals surface area contributed by atoms with E-state index in [0.717, 1.165) is 32.4 Å². The summed E-state index contributed by atoms with van der Waals surface area (Å²) in [7, 11) is 0. The lowest BCUT2D eigenvalue weighted by atomic mass is 10.1. The Balaban J connectivity index is 1.83. The summed E-state index contributed by atoms with van der Waals surface area (Å²) < 4.78 is 5.46. The summed E-state index contributed by atoms with van der Waals surface area (Å²) in [5.41, 5.74) is 5.89. The lowest BCUT2D eigenvalue weighted by molar-refractivity contribution is -0.133. The number of amides is 1. The number of halogens is 1. The van der Waals surface area contributed by atoms with Crippen LogP contribution < -0.4 is 10.5 Å². The zero-order chi connectivity index (χ0) is 13.7. The number of likely N-dealkylation sites (tertiary alicyclic amines) is 1. The van der Waals surface area contributed by atoms with Crippen LogP contribution in [0.15, 0.2) is 24.3 Å². The molecule has 1 heterocycles. The van der Waals surface area contributed by atoms with Gasteiger partial charge in [0.25, 0.3) is 5.91 Å². The van der Waals surface area contributed by atoms with Crippen molar-refractivity contribution in [1.29, 1.82) is 0 Å². The molecule has 0 radical (unpaired) electrons. The normalized spacial score (nSPS) is 19.9. The maximum atomic E-state index is 12.0. The fourth-order valence-electron chi connectivity index (χ4n) is 2.16. The third kappa shape index (κ3) is 4.40. The van der Waals surface area contributed by atoms with Crippen LogP contribution in [0.3, 0.4) is 0 Å². The first-order valence-electron chi connectivity index (χ1n) is 6.57. The fraction of sp³-hybridized carbons (Fsp3) is 0.500. The summed E-state index contributed by atoms with van der Waals surface area (Å²) >= 11 is 5.86. The van der Waals surface area contributed by atoms with E-state index in [9.17, 15) is 4.79 Å². The topological polar surface area (TPSA) is 55.6 Å². The van der Waals surface area contributed by atoms with Crippen LogP contribution in [0.1, 0.15) is 19.3 Å². The second-order valence-electron chi connectivity index (χ2n) is 4.82. The second kappa shape index (κ2) is 6.78. The molecule has 0 aliphatic carbocycles. The van der Waals surface area contributed by atoms with Crippen molar-refractivity contribution in [3.8, 4) is 5.75 Å². The zero-order valence-electron chi connectivity index (χ0n) is 10.8. The van der Waals surface area contributed by atoms with Crippen molar-refractivity contribution >= 4 is 17.5 Å². The highest BCUT2D eigenvalue weighted by Gasteiger charge is 2.18. The maximum absolute atomic E-state index is 12.0. The van der Waals surface area contributed by atoms with Gasteiger partial charge in [-0.25, -0.2) is 0 Å². The predicted octanol–water partition coefficient (Wildman–Crippen LogP) is 2.06. The summed E-state index contributed by atoms with van der Waals surface area (Å²) in [6.45, 7) is 1.54. The van der Waals surface area contributed by atoms with Crippen LogP contribution in [-0.4, -0.2) is 36.5 Å². The predicted molar refractivity (Wildman–Crippen MR) is 75.4 cm³/mol. The molecule has 1 fully saturated rings. The van der Waals surface area contributed by atoms with Gasteiger partial charge in [-0.05, 0) is 37.5 Å². The molecule has 0 bridgehead atoms. The van der Waals surface area contributed by atoms with Crippen molar-refractivity contribution < 1.29 is 9.53 Å². The van der Waals surface area contributed by atoms with Gasteiger partial charge in [0.15, 0.2) is 6.61 Å². The maximum Gasteiger partial charge on any atom is 0.260 e. The van der Waals surface area contributed by atoms with E-state index in [1.807, 2.05) is 4.90 Å². The highest BCUT2D eigenvalue weighted by molar-refractivity contribution is 6.30. The molecule has 1 amide bonds. The van der Waals surface area contributed by atoms with Gasteiger partial charge in [0.2, 0.25) is 0 Å². The van der Waals surface area contributed by atoms with Crippen molar-refractivity contribution in [3.05, 3.63) is 29.3 Å². The number of nitrogens with zero attached hydrogens (tertiary/aromatic N) is 1. The summed E-state index contributed by atoms with van der Waals surface area (Å²) in [5, 5.41) is 0.602. The molecule has 1 aliphatic heterocycles. The molecule has 5 heteroatoms. The Hall–Kier alpha value is -1.26. The molecule has 1 aromatic carbocycles. The molecule has 0 spiro atoms. The van der Waals surface area contributed by atoms with E-state index >= 15 is 0 Å². The first-order chi connectivity index (χ1) is 9.15. The Labute approximate surface area is 118 Å². The largest absolute Gasteiger partial charge is 0.484 e. The molecule has 2 rings (SSSR count). The summed E-state index contributed by atoms with van der Waals surface area (Å²) in [6, 6.07) is 7.27. The van der Waals surface area contributed by atoms with Gasteiger partial charge < -0.3 is 15.4 Å². The summed E-state index contributed by atoms with van der Waals surface area (Å²) in [6.07, 6.45) is 2.81. The molecule has 1 saturated heterocycles. The number of ether oxygens (including phenoxy) is 1. The van der Waals surface area contributed by atoms with Crippen LogP contribution in [0.25, 0.3) is 0 Å². The van der Waals surface area contributed by atoms with Gasteiger partial charge in [0.05, 0.1) is 0 Å². The number of carbonyl (C=O) groups excluding carboxylic acids is 1. The van der Waals surface area contributed by atoms with Crippen LogP contribution >= 0.6 is 11.6 Å². The molecule has 2 N–H and O–H groups in total. The van der Waals surface area contributed by atoms with E-state index < -0.39 is 0 Å². The third-order valence-corrected chi connectivity index (χ3v) is 3.52. The molecule has 0 aromatic heterocycles. The third-order valence-electron chi connectivity index (χ3n) is 3.28. The van der Waals surface area contributed by atoms with E-state index in [4.69, 9.17) is 22.1 Å². The molecule has 4 nitrogen and oxygen atoms in total. The number of nitrogens with two attached hydrogens (primary N) is 1. The van der Waals surface area contributed by atoms with E-state index in [2.05, 4.69) is 0 Å². The van der Waals surface area contributed by atoms with Gasteiger partial charge >= 0.3 is 0 Å². The summed E-state index contributed by atoms with van der Waals surface area (Å²) in [4.78, 5) is 13.9. The molecule has 1 aliphatic rings. The Kier molecular flexibility index (Phi) is 5.05. The van der Waals surface area contributed by atoms with Crippen LogP contribution in [0.4, 0.5) is 0 Å². The summed E-state index contributed by atoms with van der Waals surface area (Å²) in [5.74, 6) is 0.626. The minimum atomic E-state index is 0.00840. The van der Waals surface area contributed by atoms with Crippen molar-refractivity contribution in [2.45, 2.75) is 25.3 Å². The quantitative estimate of drug-likeness (QED) is 0.923. The average Bonchev–Trinajstić information content (AvgIpc) is 2.61. The lowest BCUT2D eigenvalue weighted by Gasteiger charge is -2.20. The van der Waals surface area contributed by atoms with E-state index in [1.54, 1.807) is 24.3 Å². The van der Waals surface area contributed by atoms with E-state index in [1.165, 1.54) is 0 Å². The number of rotatable bonds is 3. The second-order valence-corrected chi connectivity index (χ2v) is 5.25. The van der Waals surface area contributed by atoms with Gasteiger partial charge in [0, 0.05) is 24.2 Å². The minimum absolute atomic E-state index is 0.00840. The zero-order valence-corrected chi connectivity index (χ0v) is 11.6. The number of benzene rings is 1. The highest BCUT2D eigenvalue weighted by atomic mass is 35.5. The number of hydrogen-bond donors (Lipinski definition) is 1. The number of hydrogen-bond acceptors (Lipinski definition) is 3. The minimum Gasteiger partial charge on any atom is -0.484 e. The SMILES string of the molecule is NC1CCCN(C(=O)COc2cccc(Cl)c2)CC1. The van der Waals surface area contributed by atoms with Crippen LogP contribution in [-0.2, 0) is 4.79 Å². The molecule has 1 unspecified atom stereocenters. The lowest BCUT2D eigenvalue weighted by Crippen LogP contribution is -2.36. The molecular formula is C14H19ClN2O2. The van der Waals surface area contributed by atoms with E-state index in [-0.39, 0.29) is 18.6 Å². The monoisotopic (exact) mass is 282 g/mol. The Morgan fingerprint density at radius 1 is 1.42 bits per heavy atom. The molecule has 1 atom stereocenters. The van der Waals surface area contributed by atoms with Gasteiger partial charge in [0.1, 0.15) is 5.75 Å². The van der Waals surface area contributed by atoms with Crippen LogP contribution in [0.5, 0.6) is 5.75 Å². The average molecular weight is 283 g/mol. The molecule has 1 aromatic rings. The first kappa shape index (κ1) is 14.2. The van der Waals surface area contributed by atoms with Gasteiger partial charge in [-0.3, -0.25) is 4.79 Å². The Bertz CT molecular complexity index is 439. The van der Waals surface area contributed by atoms with Crippen molar-refractivity contribution in [2.24, 2.45) is 5.73 Å². The Morgan fingerprint density at radius 3 is 3.05 bits per heavy atom. The number of carbonyl (C=O) groups is 1.